The predicted octanol–water partition coefficient (Wildman–Crippen LogP) is 10.4. The van der Waals surface area contributed by atoms with Crippen molar-refractivity contribution in [2.24, 2.45) is 35.5 Å². The Labute approximate surface area is 447 Å². The fourth-order valence-electron chi connectivity index (χ4n) is 10.5. The molecule has 420 valence electrons. The number of hydrogen-bond acceptors (Lipinski definition) is 14. The van der Waals surface area contributed by atoms with E-state index < -0.39 is 61.3 Å². The maximum Gasteiger partial charge on any atom is 0.306 e. The van der Waals surface area contributed by atoms with Crippen LogP contribution in [0, 0.1) is 35.5 Å². The molecule has 0 aromatic heterocycles. The molecule has 0 spiro atoms. The second-order valence-electron chi connectivity index (χ2n) is 21.0. The van der Waals surface area contributed by atoms with Gasteiger partial charge in [0.25, 0.3) is 0 Å². The summed E-state index contributed by atoms with van der Waals surface area (Å²) in [6, 6.07) is 0. The number of aliphatic hydroxyl groups is 3. The van der Waals surface area contributed by atoms with Crippen LogP contribution in [0.3, 0.4) is 0 Å². The molecule has 3 N–H and O–H groups in total. The van der Waals surface area contributed by atoms with Crippen LogP contribution in [-0.2, 0) is 52.5 Å². The van der Waals surface area contributed by atoms with Crippen molar-refractivity contribution >= 4 is 35.3 Å². The van der Waals surface area contributed by atoms with Crippen LogP contribution in [0.4, 0.5) is 0 Å². The van der Waals surface area contributed by atoms with Crippen LogP contribution in [0.5, 0.6) is 0 Å². The highest BCUT2D eigenvalue weighted by atomic mass is 16.7. The Hall–Kier alpha value is -4.34. The maximum absolute atomic E-state index is 13.2. The minimum absolute atomic E-state index is 0.0313. The SMILES string of the molecule is CC/C=C\CC1C(=O)C=CC1CCCCCCCC(=O)OC[C@H]1O[C@@H](OC[C@@H](COC(=O)CCCCCCC[C@H]2C=CC(=O)[C@H]2C/C=C\CC)OC(=O)CCCCC[C@H]2C=CC(=O)[C@H]2C/C=C\CC)[C@H](O)[C@@H](O)[C@H]1O. The van der Waals surface area contributed by atoms with Gasteiger partial charge in [-0.25, -0.2) is 0 Å². The number of ether oxygens (including phenoxy) is 5. The van der Waals surface area contributed by atoms with Gasteiger partial charge in [0.1, 0.15) is 37.6 Å². The zero-order chi connectivity index (χ0) is 54.2. The number of esters is 3. The van der Waals surface area contributed by atoms with Gasteiger partial charge in [0.2, 0.25) is 0 Å². The Morgan fingerprint density at radius 3 is 1.36 bits per heavy atom. The largest absolute Gasteiger partial charge is 0.463 e. The highest BCUT2D eigenvalue weighted by Gasteiger charge is 2.45. The Bertz CT molecular complexity index is 1910. The summed E-state index contributed by atoms with van der Waals surface area (Å²) in [6.07, 6.45) is 34.0. The van der Waals surface area contributed by atoms with Gasteiger partial charge in [0.15, 0.2) is 29.7 Å². The van der Waals surface area contributed by atoms with Gasteiger partial charge < -0.3 is 39.0 Å². The van der Waals surface area contributed by atoms with Crippen LogP contribution in [0.15, 0.2) is 72.9 Å². The van der Waals surface area contributed by atoms with Crippen molar-refractivity contribution in [1.82, 2.24) is 0 Å². The number of carbonyl (C=O) groups is 6. The van der Waals surface area contributed by atoms with E-state index in [4.69, 9.17) is 23.7 Å². The molecular weight excluding hydrogens is 957 g/mol. The fraction of sp³-hybridized carbons (Fsp3) is 0.705. The van der Waals surface area contributed by atoms with E-state index in [0.29, 0.717) is 25.7 Å². The third-order valence-corrected chi connectivity index (χ3v) is 15.1. The molecule has 0 radical (unpaired) electrons. The molecule has 1 heterocycles. The highest BCUT2D eigenvalue weighted by Crippen LogP contribution is 2.33. The summed E-state index contributed by atoms with van der Waals surface area (Å²) < 4.78 is 28.4. The van der Waals surface area contributed by atoms with Crippen molar-refractivity contribution in [2.45, 2.75) is 218 Å². The van der Waals surface area contributed by atoms with Gasteiger partial charge >= 0.3 is 17.9 Å². The summed E-state index contributed by atoms with van der Waals surface area (Å²) >= 11 is 0. The molecule has 14 nitrogen and oxygen atoms in total. The van der Waals surface area contributed by atoms with Gasteiger partial charge in [-0.05, 0) is 113 Å². The van der Waals surface area contributed by atoms with Gasteiger partial charge in [0, 0.05) is 37.0 Å². The number of carbonyl (C=O) groups excluding carboxylic acids is 6. The molecule has 1 saturated heterocycles. The summed E-state index contributed by atoms with van der Waals surface area (Å²) in [5.41, 5.74) is 0. The van der Waals surface area contributed by atoms with Crippen molar-refractivity contribution in [3.05, 3.63) is 72.9 Å². The molecule has 1 fully saturated rings. The molecule has 4 rings (SSSR count). The van der Waals surface area contributed by atoms with E-state index in [1.54, 1.807) is 18.2 Å². The first-order chi connectivity index (χ1) is 36.4. The first-order valence-corrected chi connectivity index (χ1v) is 28.8. The highest BCUT2D eigenvalue weighted by molar-refractivity contribution is 5.95. The Kier molecular flexibility index (Phi) is 30.9. The third kappa shape index (κ3) is 23.4. The first-order valence-electron chi connectivity index (χ1n) is 28.8. The van der Waals surface area contributed by atoms with E-state index in [1.165, 1.54) is 0 Å². The van der Waals surface area contributed by atoms with Crippen LogP contribution in [0.25, 0.3) is 0 Å². The third-order valence-electron chi connectivity index (χ3n) is 15.1. The lowest BCUT2D eigenvalue weighted by Crippen LogP contribution is -2.59. The molecule has 0 bridgehead atoms. The van der Waals surface area contributed by atoms with Crippen LogP contribution in [0.1, 0.15) is 181 Å². The van der Waals surface area contributed by atoms with E-state index in [1.807, 2.05) is 18.2 Å². The lowest BCUT2D eigenvalue weighted by molar-refractivity contribution is -0.305. The number of unbranched alkanes of at least 4 members (excludes halogenated alkanes) is 10. The minimum Gasteiger partial charge on any atom is -0.463 e. The zero-order valence-corrected chi connectivity index (χ0v) is 45.5. The number of allylic oxidation sites excluding steroid dienone is 12. The van der Waals surface area contributed by atoms with Crippen molar-refractivity contribution in [1.29, 1.82) is 0 Å². The summed E-state index contributed by atoms with van der Waals surface area (Å²) in [6.45, 7) is 5.11. The molecule has 2 unspecified atom stereocenters. The summed E-state index contributed by atoms with van der Waals surface area (Å²) in [4.78, 5) is 75.9. The van der Waals surface area contributed by atoms with Gasteiger partial charge in [-0.1, -0.05) is 140 Å². The van der Waals surface area contributed by atoms with Gasteiger partial charge in [-0.3, -0.25) is 28.8 Å². The van der Waals surface area contributed by atoms with Gasteiger partial charge in [-0.2, -0.15) is 0 Å². The summed E-state index contributed by atoms with van der Waals surface area (Å²) in [5.74, 6) is -0.196. The smallest absolute Gasteiger partial charge is 0.306 e. The molecule has 0 saturated carbocycles. The Morgan fingerprint density at radius 1 is 0.507 bits per heavy atom. The second-order valence-corrected chi connectivity index (χ2v) is 21.0. The quantitative estimate of drug-likeness (QED) is 0.0227. The van der Waals surface area contributed by atoms with Crippen molar-refractivity contribution in [2.75, 3.05) is 19.8 Å². The molecular formula is C61H92O14. The van der Waals surface area contributed by atoms with E-state index in [2.05, 4.69) is 57.2 Å². The summed E-state index contributed by atoms with van der Waals surface area (Å²) in [7, 11) is 0. The molecule has 75 heavy (non-hydrogen) atoms. The molecule has 1 aliphatic heterocycles. The van der Waals surface area contributed by atoms with Gasteiger partial charge in [-0.15, -0.1) is 0 Å². The lowest BCUT2D eigenvalue weighted by atomic mass is 9.87. The number of aliphatic hydroxyl groups excluding tert-OH is 3. The van der Waals surface area contributed by atoms with Crippen LogP contribution in [-0.4, -0.2) is 107 Å². The first kappa shape index (κ1) is 63.2. The maximum atomic E-state index is 13.2. The summed E-state index contributed by atoms with van der Waals surface area (Å²) in [5, 5.41) is 32.3. The standard InChI is InChI=1S/C61H92O14/c1-4-7-17-29-48-44(35-38-51(48)62)26-20-12-10-14-23-32-55(65)71-41-47(74-57(67)34-25-16-22-28-46-37-40-53(64)50(46)31-19-9-6-3)42-73-61-60(70)59(69)58(68)54(75-61)43-72-56(66)33-24-15-11-13-21-27-45-36-39-52(63)49(45)30-18-8-5-2/h7-9,17-19,35-40,44-50,54,58-61,68-70H,4-6,10-16,20-34,41-43H2,1-3H3/b17-7-,18-8-,19-9-/t44-,45?,46-,47+,48-,49?,50-,54+,58-,59-,60+,61+/m0/s1. The number of hydrogen-bond donors (Lipinski definition) is 3. The van der Waals surface area contributed by atoms with E-state index in [-0.39, 0.29) is 85.3 Å². The normalized spacial score (nSPS) is 27.0. The van der Waals surface area contributed by atoms with Crippen LogP contribution in [0.2, 0.25) is 0 Å². The van der Waals surface area contributed by atoms with E-state index >= 15 is 0 Å². The van der Waals surface area contributed by atoms with Crippen molar-refractivity contribution in [3.63, 3.8) is 0 Å². The molecule has 0 amide bonds. The Morgan fingerprint density at radius 2 is 0.907 bits per heavy atom. The average molecular weight is 1050 g/mol. The molecule has 12 atom stereocenters. The second kappa shape index (κ2) is 36.6. The fourth-order valence-corrected chi connectivity index (χ4v) is 10.5. The predicted molar refractivity (Wildman–Crippen MR) is 288 cm³/mol. The molecule has 0 aromatic carbocycles. The van der Waals surface area contributed by atoms with E-state index in [0.717, 1.165) is 116 Å². The van der Waals surface area contributed by atoms with Crippen LogP contribution >= 0.6 is 0 Å². The zero-order valence-electron chi connectivity index (χ0n) is 45.5. The monoisotopic (exact) mass is 1050 g/mol. The number of ketones is 3. The van der Waals surface area contributed by atoms with Gasteiger partial charge in [0.05, 0.1) is 6.61 Å². The molecule has 14 heteroatoms. The topological polar surface area (TPSA) is 209 Å². The van der Waals surface area contributed by atoms with Crippen molar-refractivity contribution in [3.8, 4) is 0 Å². The molecule has 4 aliphatic rings. The van der Waals surface area contributed by atoms with E-state index in [9.17, 15) is 44.1 Å². The van der Waals surface area contributed by atoms with Crippen LogP contribution < -0.4 is 0 Å². The minimum atomic E-state index is -1.71. The Balaban J connectivity index is 1.19. The molecule has 3 aliphatic carbocycles. The number of rotatable bonds is 39. The average Bonchev–Trinajstić information content (AvgIpc) is 4.06. The molecule has 0 aromatic rings. The lowest BCUT2D eigenvalue weighted by Gasteiger charge is -2.40. The van der Waals surface area contributed by atoms with Crippen molar-refractivity contribution < 1.29 is 67.8 Å².